The van der Waals surface area contributed by atoms with Gasteiger partial charge >= 0.3 is 0 Å². The lowest BCUT2D eigenvalue weighted by Gasteiger charge is -2.14. The van der Waals surface area contributed by atoms with E-state index in [9.17, 15) is 13.2 Å². The first kappa shape index (κ1) is 19.6. The Morgan fingerprint density at radius 1 is 1.19 bits per heavy atom. The van der Waals surface area contributed by atoms with Gasteiger partial charge in [0.2, 0.25) is 5.91 Å². The summed E-state index contributed by atoms with van der Waals surface area (Å²) in [5.74, 6) is -0.0523. The molecule has 0 heterocycles. The number of carbonyl (C=O) groups excluding carboxylic acids is 1. The minimum Gasteiger partial charge on any atom is -0.495 e. The fourth-order valence-electron chi connectivity index (χ4n) is 2.20. The Labute approximate surface area is 156 Å². The van der Waals surface area contributed by atoms with Crippen LogP contribution in [0.15, 0.2) is 46.2 Å². The molecule has 2 aromatic carbocycles. The van der Waals surface area contributed by atoms with Crippen molar-refractivity contribution < 1.29 is 17.9 Å². The van der Waals surface area contributed by atoms with Gasteiger partial charge in [-0.25, -0.2) is 8.42 Å². The molecule has 1 amide bonds. The van der Waals surface area contributed by atoms with E-state index in [1.165, 1.54) is 32.2 Å². The SMILES string of the molecule is COc1cc(S(=O)(=O)Nc2ccc(SC#N)cc2C)ccc1NC(C)=O. The molecule has 0 fully saturated rings. The van der Waals surface area contributed by atoms with Gasteiger partial charge in [-0.05, 0) is 54.6 Å². The average molecular weight is 391 g/mol. The number of aryl methyl sites for hydroxylation is 1. The first-order chi connectivity index (χ1) is 12.3. The highest BCUT2D eigenvalue weighted by Crippen LogP contribution is 2.30. The highest BCUT2D eigenvalue weighted by atomic mass is 32.2. The molecule has 2 aromatic rings. The molecule has 0 saturated carbocycles. The summed E-state index contributed by atoms with van der Waals surface area (Å²) in [6, 6.07) is 9.18. The van der Waals surface area contributed by atoms with Crippen molar-refractivity contribution >= 4 is 39.1 Å². The lowest BCUT2D eigenvalue weighted by molar-refractivity contribution is -0.114. The van der Waals surface area contributed by atoms with Crippen LogP contribution in [0.25, 0.3) is 0 Å². The predicted octanol–water partition coefficient (Wildman–Crippen LogP) is 3.34. The number of nitrogens with one attached hydrogen (secondary N) is 2. The van der Waals surface area contributed by atoms with Crippen molar-refractivity contribution in [2.75, 3.05) is 17.1 Å². The maximum absolute atomic E-state index is 12.7. The van der Waals surface area contributed by atoms with E-state index in [2.05, 4.69) is 10.0 Å². The molecular weight excluding hydrogens is 374 g/mol. The third kappa shape index (κ3) is 4.68. The Bertz CT molecular complexity index is 982. The number of methoxy groups -OCH3 is 1. The van der Waals surface area contributed by atoms with Crippen LogP contribution < -0.4 is 14.8 Å². The first-order valence-electron chi connectivity index (χ1n) is 7.42. The predicted molar refractivity (Wildman–Crippen MR) is 101 cm³/mol. The molecule has 0 aromatic heterocycles. The third-order valence-corrected chi connectivity index (χ3v) is 5.34. The first-order valence-corrected chi connectivity index (χ1v) is 9.72. The van der Waals surface area contributed by atoms with Gasteiger partial charge in [0, 0.05) is 17.9 Å². The van der Waals surface area contributed by atoms with Crippen LogP contribution in [0.1, 0.15) is 12.5 Å². The van der Waals surface area contributed by atoms with Crippen molar-refractivity contribution in [2.24, 2.45) is 0 Å². The number of thioether (sulfide) groups is 1. The Kier molecular flexibility index (Phi) is 6.13. The van der Waals surface area contributed by atoms with E-state index in [0.29, 0.717) is 16.9 Å². The van der Waals surface area contributed by atoms with Gasteiger partial charge in [-0.3, -0.25) is 9.52 Å². The molecule has 2 N–H and O–H groups in total. The molecule has 0 radical (unpaired) electrons. The summed E-state index contributed by atoms with van der Waals surface area (Å²) < 4.78 is 33.0. The van der Waals surface area contributed by atoms with Crippen LogP contribution in [0.5, 0.6) is 5.75 Å². The van der Waals surface area contributed by atoms with Crippen molar-refractivity contribution in [1.29, 1.82) is 5.26 Å². The maximum Gasteiger partial charge on any atom is 0.262 e. The smallest absolute Gasteiger partial charge is 0.262 e. The maximum atomic E-state index is 12.7. The summed E-state index contributed by atoms with van der Waals surface area (Å²) in [6.07, 6.45) is 0. The van der Waals surface area contributed by atoms with Gasteiger partial charge in [-0.2, -0.15) is 5.26 Å². The second-order valence-corrected chi connectivity index (χ2v) is 7.86. The molecule has 0 saturated heterocycles. The molecule has 0 unspecified atom stereocenters. The number of benzene rings is 2. The fourth-order valence-corrected chi connectivity index (χ4v) is 3.83. The molecule has 26 heavy (non-hydrogen) atoms. The second kappa shape index (κ2) is 8.12. The van der Waals surface area contributed by atoms with Crippen molar-refractivity contribution in [3.63, 3.8) is 0 Å². The van der Waals surface area contributed by atoms with Crippen LogP contribution in [-0.4, -0.2) is 21.4 Å². The number of nitrogens with zero attached hydrogens (tertiary/aromatic N) is 1. The molecule has 0 aliphatic carbocycles. The zero-order valence-electron chi connectivity index (χ0n) is 14.4. The lowest BCUT2D eigenvalue weighted by Crippen LogP contribution is -2.14. The Morgan fingerprint density at radius 2 is 1.88 bits per heavy atom. The van der Waals surface area contributed by atoms with Crippen molar-refractivity contribution in [2.45, 2.75) is 23.6 Å². The normalized spacial score (nSPS) is 10.7. The molecule has 0 bridgehead atoms. The molecule has 0 aliphatic rings. The Morgan fingerprint density at radius 3 is 2.46 bits per heavy atom. The van der Waals surface area contributed by atoms with Crippen molar-refractivity contribution in [1.82, 2.24) is 0 Å². The topological polar surface area (TPSA) is 108 Å². The van der Waals surface area contributed by atoms with E-state index in [-0.39, 0.29) is 16.6 Å². The van der Waals surface area contributed by atoms with Gasteiger partial charge in [0.25, 0.3) is 10.0 Å². The van der Waals surface area contributed by atoms with Crippen LogP contribution in [0, 0.1) is 17.6 Å². The third-order valence-electron chi connectivity index (χ3n) is 3.40. The highest BCUT2D eigenvalue weighted by Gasteiger charge is 2.18. The van der Waals surface area contributed by atoms with Crippen molar-refractivity contribution in [3.8, 4) is 11.2 Å². The lowest BCUT2D eigenvalue weighted by atomic mass is 10.2. The van der Waals surface area contributed by atoms with E-state index in [1.807, 2.05) is 5.40 Å². The number of nitriles is 1. The largest absolute Gasteiger partial charge is 0.495 e. The van der Waals surface area contributed by atoms with E-state index >= 15 is 0 Å². The summed E-state index contributed by atoms with van der Waals surface area (Å²) in [7, 11) is -2.46. The fraction of sp³-hybridized carbons (Fsp3) is 0.176. The molecule has 9 heteroatoms. The molecule has 0 aliphatic heterocycles. The van der Waals surface area contributed by atoms with Crippen LogP contribution in [0.3, 0.4) is 0 Å². The highest BCUT2D eigenvalue weighted by molar-refractivity contribution is 8.03. The van der Waals surface area contributed by atoms with Gasteiger partial charge in [-0.15, -0.1) is 0 Å². The Balaban J connectivity index is 2.33. The number of hydrogen-bond donors (Lipinski definition) is 2. The quantitative estimate of drug-likeness (QED) is 0.577. The zero-order valence-corrected chi connectivity index (χ0v) is 16.0. The van der Waals surface area contributed by atoms with Gasteiger partial charge in [0.15, 0.2) is 0 Å². The number of carbonyl (C=O) groups is 1. The number of rotatable bonds is 6. The average Bonchev–Trinajstić information content (AvgIpc) is 2.57. The summed E-state index contributed by atoms with van der Waals surface area (Å²) in [6.45, 7) is 3.10. The monoisotopic (exact) mass is 391 g/mol. The molecule has 0 spiro atoms. The van der Waals surface area contributed by atoms with Crippen LogP contribution in [-0.2, 0) is 14.8 Å². The van der Waals surface area contributed by atoms with Gasteiger partial charge in [0.1, 0.15) is 11.2 Å². The van der Waals surface area contributed by atoms with E-state index in [0.717, 1.165) is 16.7 Å². The number of sulfonamides is 1. The Hall–Kier alpha value is -2.70. The van der Waals surface area contributed by atoms with Crippen LogP contribution in [0.4, 0.5) is 11.4 Å². The number of anilines is 2. The number of ether oxygens (including phenoxy) is 1. The van der Waals surface area contributed by atoms with Gasteiger partial charge in [0.05, 0.1) is 23.4 Å². The van der Waals surface area contributed by atoms with E-state index in [4.69, 9.17) is 10.00 Å². The van der Waals surface area contributed by atoms with Gasteiger partial charge in [-0.1, -0.05) is 0 Å². The number of amides is 1. The number of thiocyanates is 1. The zero-order chi connectivity index (χ0) is 19.3. The molecule has 2 rings (SSSR count). The summed E-state index contributed by atoms with van der Waals surface area (Å²) in [4.78, 5) is 11.9. The molecule has 0 atom stereocenters. The number of hydrogen-bond acceptors (Lipinski definition) is 6. The second-order valence-electron chi connectivity index (χ2n) is 5.32. The summed E-state index contributed by atoms with van der Waals surface area (Å²) >= 11 is 1.00. The van der Waals surface area contributed by atoms with Crippen LogP contribution in [0.2, 0.25) is 0 Å². The standard InChI is InChI=1S/C17H17N3O4S2/c1-11-8-13(25-10-18)4-6-15(11)20-26(22,23)14-5-7-16(19-12(2)21)17(9-14)24-3/h4-9,20H,1-3H3,(H,19,21). The summed E-state index contributed by atoms with van der Waals surface area (Å²) in [5, 5.41) is 13.2. The molecular formula is C17H17N3O4S2. The van der Waals surface area contributed by atoms with E-state index < -0.39 is 10.0 Å². The molecule has 136 valence electrons. The summed E-state index contributed by atoms with van der Waals surface area (Å²) in [5.41, 5.74) is 1.49. The van der Waals surface area contributed by atoms with Crippen LogP contribution >= 0.6 is 11.8 Å². The molecule has 7 nitrogen and oxygen atoms in total. The van der Waals surface area contributed by atoms with E-state index in [1.54, 1.807) is 25.1 Å². The minimum absolute atomic E-state index is 0.00155. The minimum atomic E-state index is -3.85. The van der Waals surface area contributed by atoms with Crippen molar-refractivity contribution in [3.05, 3.63) is 42.0 Å². The van der Waals surface area contributed by atoms with Gasteiger partial charge < -0.3 is 10.1 Å².